The van der Waals surface area contributed by atoms with E-state index in [1.807, 2.05) is 0 Å². The molecule has 1 aliphatic carbocycles. The highest BCUT2D eigenvalue weighted by atomic mass is 16.5. The summed E-state index contributed by atoms with van der Waals surface area (Å²) in [6.07, 6.45) is 9.46. The smallest absolute Gasteiger partial charge is 0.0484 e. The topological polar surface area (TPSA) is 47.3 Å². The fourth-order valence-electron chi connectivity index (χ4n) is 2.00. The molecule has 0 radical (unpaired) electrons. The molecule has 0 fully saturated rings. The highest BCUT2D eigenvalue weighted by Gasteiger charge is 2.14. The molecule has 1 unspecified atom stereocenters. The van der Waals surface area contributed by atoms with Gasteiger partial charge in [-0.3, -0.25) is 11.3 Å². The third kappa shape index (κ3) is 4.78. The van der Waals surface area contributed by atoms with E-state index in [0.717, 1.165) is 26.1 Å². The molecule has 0 heterocycles. The molecule has 0 bridgehead atoms. The maximum Gasteiger partial charge on any atom is 0.0484 e. The van der Waals surface area contributed by atoms with Gasteiger partial charge in [-0.15, -0.1) is 0 Å². The lowest BCUT2D eigenvalue weighted by Crippen LogP contribution is -2.38. The van der Waals surface area contributed by atoms with Gasteiger partial charge in [0.05, 0.1) is 0 Å². The predicted molar refractivity (Wildman–Crippen MR) is 63.4 cm³/mol. The molecule has 88 valence electrons. The molecule has 3 N–H and O–H groups in total. The zero-order valence-corrected chi connectivity index (χ0v) is 9.80. The lowest BCUT2D eigenvalue weighted by atomic mass is 9.93. The van der Waals surface area contributed by atoms with E-state index in [2.05, 4.69) is 18.4 Å². The first-order valence-corrected chi connectivity index (χ1v) is 6.11. The fourth-order valence-corrected chi connectivity index (χ4v) is 2.00. The largest absolute Gasteiger partial charge is 0.381 e. The van der Waals surface area contributed by atoms with Crippen molar-refractivity contribution in [3.8, 4) is 0 Å². The molecule has 0 aromatic rings. The van der Waals surface area contributed by atoms with E-state index in [-0.39, 0.29) is 0 Å². The highest BCUT2D eigenvalue weighted by Crippen LogP contribution is 2.21. The van der Waals surface area contributed by atoms with Crippen molar-refractivity contribution in [2.24, 2.45) is 5.84 Å². The van der Waals surface area contributed by atoms with Crippen molar-refractivity contribution in [2.75, 3.05) is 13.2 Å². The molecular weight excluding hydrogens is 188 g/mol. The lowest BCUT2D eigenvalue weighted by molar-refractivity contribution is 0.127. The summed E-state index contributed by atoms with van der Waals surface area (Å²) in [6.45, 7) is 3.79. The van der Waals surface area contributed by atoms with Crippen molar-refractivity contribution >= 4 is 0 Å². The minimum atomic E-state index is 0.321. The predicted octanol–water partition coefficient (Wildman–Crippen LogP) is 2.14. The quantitative estimate of drug-likeness (QED) is 0.294. The SMILES string of the molecule is CCCOCCC(NN)C1=CCCCC1. The zero-order chi connectivity index (χ0) is 10.9. The molecule has 0 aliphatic heterocycles. The standard InChI is InChI=1S/C12H24N2O/c1-2-9-15-10-8-12(14-13)11-6-4-3-5-7-11/h6,12,14H,2-5,7-10,13H2,1H3. The van der Waals surface area contributed by atoms with Gasteiger partial charge in [-0.1, -0.05) is 18.6 Å². The van der Waals surface area contributed by atoms with Crippen LogP contribution in [-0.2, 0) is 4.74 Å². The van der Waals surface area contributed by atoms with Crippen LogP contribution in [0.15, 0.2) is 11.6 Å². The van der Waals surface area contributed by atoms with Gasteiger partial charge >= 0.3 is 0 Å². The third-order valence-electron chi connectivity index (χ3n) is 2.87. The Morgan fingerprint density at radius 1 is 1.47 bits per heavy atom. The van der Waals surface area contributed by atoms with Gasteiger partial charge in [0.25, 0.3) is 0 Å². The molecule has 0 saturated carbocycles. The summed E-state index contributed by atoms with van der Waals surface area (Å²) in [7, 11) is 0. The van der Waals surface area contributed by atoms with Gasteiger partial charge in [-0.05, 0) is 38.5 Å². The summed E-state index contributed by atoms with van der Waals surface area (Å²) in [4.78, 5) is 0. The summed E-state index contributed by atoms with van der Waals surface area (Å²) >= 11 is 0. The van der Waals surface area contributed by atoms with Crippen LogP contribution in [0.4, 0.5) is 0 Å². The Labute approximate surface area is 93.0 Å². The first-order chi connectivity index (χ1) is 7.38. The Balaban J connectivity index is 2.25. The Hall–Kier alpha value is -0.380. The highest BCUT2D eigenvalue weighted by molar-refractivity contribution is 5.12. The minimum absolute atomic E-state index is 0.321. The van der Waals surface area contributed by atoms with E-state index < -0.39 is 0 Å². The molecule has 15 heavy (non-hydrogen) atoms. The molecule has 0 spiro atoms. The number of rotatable bonds is 7. The number of nitrogens with two attached hydrogens (primary N) is 1. The van der Waals surface area contributed by atoms with E-state index in [1.165, 1.54) is 31.3 Å². The third-order valence-corrected chi connectivity index (χ3v) is 2.87. The van der Waals surface area contributed by atoms with Gasteiger partial charge in [0.2, 0.25) is 0 Å². The van der Waals surface area contributed by atoms with Gasteiger partial charge in [-0.2, -0.15) is 0 Å². The van der Waals surface area contributed by atoms with Gasteiger partial charge < -0.3 is 4.74 Å². The maximum absolute atomic E-state index is 5.57. The average molecular weight is 212 g/mol. The van der Waals surface area contributed by atoms with Crippen LogP contribution in [-0.4, -0.2) is 19.3 Å². The Bertz CT molecular complexity index is 192. The Morgan fingerprint density at radius 2 is 2.33 bits per heavy atom. The molecule has 0 aromatic carbocycles. The number of hydrogen-bond acceptors (Lipinski definition) is 3. The number of nitrogens with one attached hydrogen (secondary N) is 1. The number of hydrogen-bond donors (Lipinski definition) is 2. The summed E-state index contributed by atoms with van der Waals surface area (Å²) in [5.74, 6) is 5.57. The second-order valence-electron chi connectivity index (χ2n) is 4.15. The van der Waals surface area contributed by atoms with E-state index in [9.17, 15) is 0 Å². The van der Waals surface area contributed by atoms with Crippen molar-refractivity contribution in [1.82, 2.24) is 5.43 Å². The van der Waals surface area contributed by atoms with E-state index in [1.54, 1.807) is 0 Å². The summed E-state index contributed by atoms with van der Waals surface area (Å²) in [5, 5.41) is 0. The van der Waals surface area contributed by atoms with Crippen LogP contribution < -0.4 is 11.3 Å². The van der Waals surface area contributed by atoms with Gasteiger partial charge in [0, 0.05) is 19.3 Å². The second kappa shape index (κ2) is 7.85. The van der Waals surface area contributed by atoms with Crippen LogP contribution in [0.2, 0.25) is 0 Å². The lowest BCUT2D eigenvalue weighted by Gasteiger charge is -2.22. The number of ether oxygens (including phenoxy) is 1. The zero-order valence-electron chi connectivity index (χ0n) is 9.80. The van der Waals surface area contributed by atoms with Gasteiger partial charge in [0.1, 0.15) is 0 Å². The summed E-state index contributed by atoms with van der Waals surface area (Å²) < 4.78 is 5.48. The van der Waals surface area contributed by atoms with Crippen LogP contribution in [0.5, 0.6) is 0 Å². The van der Waals surface area contributed by atoms with E-state index in [0.29, 0.717) is 6.04 Å². The van der Waals surface area contributed by atoms with E-state index in [4.69, 9.17) is 10.6 Å². The molecule has 0 saturated heterocycles. The first-order valence-electron chi connectivity index (χ1n) is 6.11. The monoisotopic (exact) mass is 212 g/mol. The molecule has 1 rings (SSSR count). The molecule has 1 atom stereocenters. The second-order valence-corrected chi connectivity index (χ2v) is 4.15. The van der Waals surface area contributed by atoms with Crippen LogP contribution in [0, 0.1) is 0 Å². The first kappa shape index (κ1) is 12.7. The summed E-state index contributed by atoms with van der Waals surface area (Å²) in [5.41, 5.74) is 4.38. The average Bonchev–Trinajstić information content (AvgIpc) is 2.30. The van der Waals surface area contributed by atoms with Crippen molar-refractivity contribution in [2.45, 2.75) is 51.5 Å². The molecule has 3 heteroatoms. The van der Waals surface area contributed by atoms with Crippen LogP contribution in [0.3, 0.4) is 0 Å². The summed E-state index contributed by atoms with van der Waals surface area (Å²) in [6, 6.07) is 0.321. The van der Waals surface area contributed by atoms with Crippen molar-refractivity contribution in [3.05, 3.63) is 11.6 Å². The minimum Gasteiger partial charge on any atom is -0.381 e. The van der Waals surface area contributed by atoms with Gasteiger partial charge in [-0.25, -0.2) is 0 Å². The van der Waals surface area contributed by atoms with Crippen LogP contribution in [0.1, 0.15) is 45.4 Å². The number of hydrazine groups is 1. The fraction of sp³-hybridized carbons (Fsp3) is 0.833. The molecular formula is C12H24N2O. The maximum atomic E-state index is 5.57. The molecule has 0 amide bonds. The van der Waals surface area contributed by atoms with Crippen molar-refractivity contribution in [3.63, 3.8) is 0 Å². The van der Waals surface area contributed by atoms with Crippen LogP contribution >= 0.6 is 0 Å². The van der Waals surface area contributed by atoms with E-state index >= 15 is 0 Å². The molecule has 0 aromatic heterocycles. The van der Waals surface area contributed by atoms with Crippen molar-refractivity contribution in [1.29, 1.82) is 0 Å². The molecule has 1 aliphatic rings. The Kier molecular flexibility index (Phi) is 6.64. The molecule has 3 nitrogen and oxygen atoms in total. The van der Waals surface area contributed by atoms with Crippen LogP contribution in [0.25, 0.3) is 0 Å². The van der Waals surface area contributed by atoms with Gasteiger partial charge in [0.15, 0.2) is 0 Å². The van der Waals surface area contributed by atoms with Crippen molar-refractivity contribution < 1.29 is 4.74 Å². The number of allylic oxidation sites excluding steroid dienone is 1. The Morgan fingerprint density at radius 3 is 2.93 bits per heavy atom. The normalized spacial score (nSPS) is 18.7.